The lowest BCUT2D eigenvalue weighted by Gasteiger charge is -2.17. The van der Waals surface area contributed by atoms with Crippen LogP contribution in [0.25, 0.3) is 0 Å². The van der Waals surface area contributed by atoms with E-state index in [0.29, 0.717) is 0 Å². The molecule has 2 nitrogen and oxygen atoms in total. The van der Waals surface area contributed by atoms with Crippen molar-refractivity contribution in [1.82, 2.24) is 0 Å². The van der Waals surface area contributed by atoms with Gasteiger partial charge in [-0.1, -0.05) is 0 Å². The van der Waals surface area contributed by atoms with Crippen LogP contribution in [0.5, 0.6) is 0 Å². The maximum Gasteiger partial charge on any atom is 0.107 e. The number of aliphatic hydroxyl groups is 1. The Morgan fingerprint density at radius 3 is 2.86 bits per heavy atom. The number of thiophene rings is 1. The largest absolute Gasteiger partial charge is 0.386 e. The summed E-state index contributed by atoms with van der Waals surface area (Å²) in [7, 11) is 0. The predicted octanol–water partition coefficient (Wildman–Crippen LogP) is 3.11. The van der Waals surface area contributed by atoms with Crippen LogP contribution in [0.4, 0.5) is 0 Å². The number of rotatable bonds is 2. The lowest BCUT2D eigenvalue weighted by atomic mass is 10.1. The maximum atomic E-state index is 10.1. The topological polar surface area (TPSA) is 29.5 Å². The Morgan fingerprint density at radius 2 is 2.36 bits per heavy atom. The second-order valence-corrected chi connectivity index (χ2v) is 5.28. The standard InChI is InChI=1S/C10H13BrO2S/c1-6-2-3-9(13-6)10(12)7-4-14-5-8(7)11/h4-6,9-10,12H,2-3H2,1H3. The molecular formula is C10H13BrO2S. The summed E-state index contributed by atoms with van der Waals surface area (Å²) in [6.07, 6.45) is 1.76. The molecule has 14 heavy (non-hydrogen) atoms. The summed E-state index contributed by atoms with van der Waals surface area (Å²) in [6.45, 7) is 2.05. The van der Waals surface area contributed by atoms with Gasteiger partial charge in [0.15, 0.2) is 0 Å². The lowest BCUT2D eigenvalue weighted by molar-refractivity contribution is -0.0298. The van der Waals surface area contributed by atoms with Gasteiger partial charge in [0.25, 0.3) is 0 Å². The molecule has 78 valence electrons. The lowest BCUT2D eigenvalue weighted by Crippen LogP contribution is -2.18. The molecule has 2 heterocycles. The zero-order valence-corrected chi connectivity index (χ0v) is 10.3. The molecule has 0 aliphatic carbocycles. The maximum absolute atomic E-state index is 10.1. The first-order valence-electron chi connectivity index (χ1n) is 4.73. The third-order valence-electron chi connectivity index (χ3n) is 2.58. The molecule has 0 spiro atoms. The molecule has 1 aromatic rings. The van der Waals surface area contributed by atoms with Crippen LogP contribution in [-0.4, -0.2) is 17.3 Å². The average molecular weight is 277 g/mol. The van der Waals surface area contributed by atoms with Crippen LogP contribution in [0, 0.1) is 0 Å². The minimum absolute atomic E-state index is 0.0316. The third kappa shape index (κ3) is 2.03. The smallest absolute Gasteiger partial charge is 0.107 e. The summed E-state index contributed by atoms with van der Waals surface area (Å²) in [6, 6.07) is 0. The zero-order chi connectivity index (χ0) is 10.1. The van der Waals surface area contributed by atoms with Crippen molar-refractivity contribution in [3.05, 3.63) is 20.8 Å². The number of halogens is 1. The van der Waals surface area contributed by atoms with Crippen molar-refractivity contribution in [2.24, 2.45) is 0 Å². The van der Waals surface area contributed by atoms with Gasteiger partial charge in [0.2, 0.25) is 0 Å². The van der Waals surface area contributed by atoms with Gasteiger partial charge in [0, 0.05) is 15.4 Å². The molecule has 1 aliphatic rings. The van der Waals surface area contributed by atoms with E-state index in [-0.39, 0.29) is 12.2 Å². The van der Waals surface area contributed by atoms with Crippen molar-refractivity contribution < 1.29 is 9.84 Å². The summed E-state index contributed by atoms with van der Waals surface area (Å²) < 4.78 is 6.62. The Morgan fingerprint density at radius 1 is 1.57 bits per heavy atom. The van der Waals surface area contributed by atoms with Gasteiger partial charge in [0.05, 0.1) is 12.2 Å². The predicted molar refractivity (Wildman–Crippen MR) is 60.5 cm³/mol. The Labute approximate surface area is 96.0 Å². The highest BCUT2D eigenvalue weighted by molar-refractivity contribution is 9.10. The summed E-state index contributed by atoms with van der Waals surface area (Å²) in [5.74, 6) is 0. The van der Waals surface area contributed by atoms with E-state index in [4.69, 9.17) is 4.74 Å². The second-order valence-electron chi connectivity index (χ2n) is 3.68. The molecule has 0 saturated carbocycles. The molecule has 0 aromatic carbocycles. The molecule has 0 radical (unpaired) electrons. The second kappa shape index (κ2) is 4.31. The highest BCUT2D eigenvalue weighted by Crippen LogP contribution is 2.35. The number of hydrogen-bond acceptors (Lipinski definition) is 3. The van der Waals surface area contributed by atoms with Gasteiger partial charge in [-0.25, -0.2) is 0 Å². The quantitative estimate of drug-likeness (QED) is 0.900. The first-order valence-corrected chi connectivity index (χ1v) is 6.47. The molecule has 3 atom stereocenters. The minimum atomic E-state index is -0.486. The first-order chi connectivity index (χ1) is 6.68. The van der Waals surface area contributed by atoms with Gasteiger partial charge in [-0.3, -0.25) is 0 Å². The van der Waals surface area contributed by atoms with Gasteiger partial charge >= 0.3 is 0 Å². The molecule has 1 saturated heterocycles. The van der Waals surface area contributed by atoms with E-state index in [0.717, 1.165) is 22.9 Å². The summed E-state index contributed by atoms with van der Waals surface area (Å²) in [4.78, 5) is 0. The van der Waals surface area contributed by atoms with E-state index < -0.39 is 6.10 Å². The van der Waals surface area contributed by atoms with Gasteiger partial charge in [-0.2, -0.15) is 11.3 Å². The highest BCUT2D eigenvalue weighted by Gasteiger charge is 2.30. The van der Waals surface area contributed by atoms with E-state index in [1.54, 1.807) is 11.3 Å². The fourth-order valence-electron chi connectivity index (χ4n) is 1.77. The minimum Gasteiger partial charge on any atom is -0.386 e. The van der Waals surface area contributed by atoms with Crippen molar-refractivity contribution in [2.75, 3.05) is 0 Å². The van der Waals surface area contributed by atoms with Crippen LogP contribution >= 0.6 is 27.3 Å². The summed E-state index contributed by atoms with van der Waals surface area (Å²) >= 11 is 5.02. The Kier molecular flexibility index (Phi) is 3.27. The SMILES string of the molecule is CC1CCC(C(O)c2cscc2Br)O1. The van der Waals surface area contributed by atoms with Crippen molar-refractivity contribution in [3.8, 4) is 0 Å². The van der Waals surface area contributed by atoms with Crippen LogP contribution < -0.4 is 0 Å². The van der Waals surface area contributed by atoms with Crippen LogP contribution in [0.1, 0.15) is 31.4 Å². The van der Waals surface area contributed by atoms with E-state index in [2.05, 4.69) is 22.9 Å². The van der Waals surface area contributed by atoms with Crippen LogP contribution in [0.3, 0.4) is 0 Å². The van der Waals surface area contributed by atoms with Crippen molar-refractivity contribution >= 4 is 27.3 Å². The molecule has 3 unspecified atom stereocenters. The third-order valence-corrected chi connectivity index (χ3v) is 4.33. The highest BCUT2D eigenvalue weighted by atomic mass is 79.9. The molecule has 0 amide bonds. The van der Waals surface area contributed by atoms with Crippen molar-refractivity contribution in [3.63, 3.8) is 0 Å². The van der Waals surface area contributed by atoms with Crippen LogP contribution in [0.2, 0.25) is 0 Å². The number of ether oxygens (including phenoxy) is 1. The fourth-order valence-corrected chi connectivity index (χ4v) is 3.33. The average Bonchev–Trinajstić information content (AvgIpc) is 2.73. The molecule has 1 aromatic heterocycles. The van der Waals surface area contributed by atoms with E-state index >= 15 is 0 Å². The molecule has 4 heteroatoms. The van der Waals surface area contributed by atoms with E-state index in [9.17, 15) is 5.11 Å². The first kappa shape index (κ1) is 10.6. The van der Waals surface area contributed by atoms with Crippen LogP contribution in [0.15, 0.2) is 15.2 Å². The molecule has 1 N–H and O–H groups in total. The summed E-state index contributed by atoms with van der Waals surface area (Å²) in [5.41, 5.74) is 0.953. The summed E-state index contributed by atoms with van der Waals surface area (Å²) in [5, 5.41) is 14.0. The zero-order valence-electron chi connectivity index (χ0n) is 7.94. The Balaban J connectivity index is 2.09. The number of hydrogen-bond donors (Lipinski definition) is 1. The Bertz CT molecular complexity index is 313. The van der Waals surface area contributed by atoms with Gasteiger partial charge in [-0.15, -0.1) is 0 Å². The van der Waals surface area contributed by atoms with E-state index in [1.807, 2.05) is 10.8 Å². The molecule has 2 rings (SSSR count). The van der Waals surface area contributed by atoms with Crippen LogP contribution in [-0.2, 0) is 4.74 Å². The van der Waals surface area contributed by atoms with Gasteiger partial charge < -0.3 is 9.84 Å². The van der Waals surface area contributed by atoms with Gasteiger partial charge in [-0.05, 0) is 41.1 Å². The Hall–Kier alpha value is 0.1000. The fraction of sp³-hybridized carbons (Fsp3) is 0.600. The molecule has 1 fully saturated rings. The van der Waals surface area contributed by atoms with E-state index in [1.165, 1.54) is 0 Å². The van der Waals surface area contributed by atoms with Crippen molar-refractivity contribution in [2.45, 2.75) is 38.1 Å². The van der Waals surface area contributed by atoms with Crippen molar-refractivity contribution in [1.29, 1.82) is 0 Å². The molecular weight excluding hydrogens is 264 g/mol. The normalized spacial score (nSPS) is 29.4. The molecule has 1 aliphatic heterocycles. The van der Waals surface area contributed by atoms with Gasteiger partial charge in [0.1, 0.15) is 6.10 Å². The number of aliphatic hydroxyl groups excluding tert-OH is 1. The molecule has 0 bridgehead atoms. The monoisotopic (exact) mass is 276 g/mol.